The molecule has 5 nitrogen and oxygen atoms in total. The molecule has 0 aliphatic heterocycles. The fourth-order valence-electron chi connectivity index (χ4n) is 2.69. The van der Waals surface area contributed by atoms with Crippen molar-refractivity contribution in [2.45, 2.75) is 45.1 Å². The predicted octanol–water partition coefficient (Wildman–Crippen LogP) is 3.39. The summed E-state index contributed by atoms with van der Waals surface area (Å²) in [7, 11) is 1.41. The summed E-state index contributed by atoms with van der Waals surface area (Å²) in [5.41, 5.74) is 1.13. The first-order valence-corrected chi connectivity index (χ1v) is 8.51. The van der Waals surface area contributed by atoms with E-state index in [1.54, 1.807) is 0 Å². The van der Waals surface area contributed by atoms with Gasteiger partial charge in [0.05, 0.1) is 12.7 Å². The zero-order valence-electron chi connectivity index (χ0n) is 14.6. The van der Waals surface area contributed by atoms with Gasteiger partial charge in [0, 0.05) is 12.6 Å². The van der Waals surface area contributed by atoms with Gasteiger partial charge in [0.25, 0.3) is 5.91 Å². The molecule has 6 heteroatoms. The minimum Gasteiger partial charge on any atom is -0.497 e. The zero-order valence-corrected chi connectivity index (χ0v) is 14.6. The normalized spacial score (nSPS) is 15.1. The van der Waals surface area contributed by atoms with Crippen LogP contribution in [0.2, 0.25) is 0 Å². The van der Waals surface area contributed by atoms with Crippen LogP contribution in [0.4, 0.5) is 4.39 Å². The van der Waals surface area contributed by atoms with Crippen LogP contribution < -0.4 is 10.1 Å². The zero-order chi connectivity index (χ0) is 18.2. The lowest BCUT2D eigenvalue weighted by atomic mass is 9.97. The summed E-state index contributed by atoms with van der Waals surface area (Å²) in [4.78, 5) is 24.0. The molecule has 1 aromatic carbocycles. The molecule has 2 rings (SSSR count). The van der Waals surface area contributed by atoms with Crippen molar-refractivity contribution in [3.8, 4) is 5.75 Å². The lowest BCUT2D eigenvalue weighted by Gasteiger charge is -2.16. The predicted molar refractivity (Wildman–Crippen MR) is 92.0 cm³/mol. The number of methoxy groups -OCH3 is 1. The molecule has 0 radical (unpaired) electrons. The summed E-state index contributed by atoms with van der Waals surface area (Å²) in [6.45, 7) is 1.97. The number of benzene rings is 1. The Kier molecular flexibility index (Phi) is 6.98. The van der Waals surface area contributed by atoms with Crippen molar-refractivity contribution in [3.05, 3.63) is 41.2 Å². The Balaban J connectivity index is 1.81. The number of ether oxygens (including phenoxy) is 2. The highest BCUT2D eigenvalue weighted by atomic mass is 19.1. The number of carbonyl (C=O) groups excluding carboxylic acids is 2. The number of nitrogens with one attached hydrogen (secondary N) is 1. The number of carbonyl (C=O) groups is 2. The third kappa shape index (κ3) is 5.59. The molecule has 0 bridgehead atoms. The van der Waals surface area contributed by atoms with Crippen molar-refractivity contribution in [1.82, 2.24) is 5.32 Å². The molecule has 0 unspecified atom stereocenters. The van der Waals surface area contributed by atoms with Crippen molar-refractivity contribution in [2.24, 2.45) is 0 Å². The van der Waals surface area contributed by atoms with E-state index in [-0.39, 0.29) is 5.56 Å². The maximum Gasteiger partial charge on any atom is 0.341 e. The third-order valence-electron chi connectivity index (χ3n) is 4.18. The van der Waals surface area contributed by atoms with E-state index in [2.05, 4.69) is 11.4 Å². The van der Waals surface area contributed by atoms with Gasteiger partial charge in [-0.15, -0.1) is 0 Å². The van der Waals surface area contributed by atoms with Crippen LogP contribution in [-0.2, 0) is 9.53 Å². The average molecular weight is 349 g/mol. The number of rotatable bonds is 7. The number of esters is 1. The van der Waals surface area contributed by atoms with Gasteiger partial charge in [-0.2, -0.15) is 0 Å². The molecule has 0 fully saturated rings. The summed E-state index contributed by atoms with van der Waals surface area (Å²) in [6, 6.07) is 3.83. The highest BCUT2D eigenvalue weighted by Gasteiger charge is 2.21. The van der Waals surface area contributed by atoms with Gasteiger partial charge in [-0.1, -0.05) is 11.6 Å². The standard InChI is InChI=1S/C19H24FNO4/c1-13(18(22)21-11-10-14-6-4-3-5-7-14)25-19(23)16-9-8-15(24-2)12-17(16)20/h6,8-9,12-13H,3-5,7,10-11H2,1-2H3,(H,21,22)/t13-/m0/s1. The summed E-state index contributed by atoms with van der Waals surface area (Å²) in [5, 5.41) is 2.75. The van der Waals surface area contributed by atoms with Gasteiger partial charge in [0.2, 0.25) is 0 Å². The van der Waals surface area contributed by atoms with Gasteiger partial charge in [-0.3, -0.25) is 4.79 Å². The third-order valence-corrected chi connectivity index (χ3v) is 4.18. The maximum atomic E-state index is 13.9. The summed E-state index contributed by atoms with van der Waals surface area (Å²) in [5.74, 6) is -1.71. The fourth-order valence-corrected chi connectivity index (χ4v) is 2.69. The first-order valence-electron chi connectivity index (χ1n) is 8.51. The molecule has 1 N–H and O–H groups in total. The average Bonchev–Trinajstić information content (AvgIpc) is 2.62. The number of amides is 1. The Morgan fingerprint density at radius 2 is 2.12 bits per heavy atom. The number of halogens is 1. The Morgan fingerprint density at radius 1 is 1.32 bits per heavy atom. The van der Waals surface area contributed by atoms with E-state index < -0.39 is 23.8 Å². The van der Waals surface area contributed by atoms with Crippen molar-refractivity contribution < 1.29 is 23.5 Å². The monoisotopic (exact) mass is 349 g/mol. The Hall–Kier alpha value is -2.37. The van der Waals surface area contributed by atoms with Crippen molar-refractivity contribution in [1.29, 1.82) is 0 Å². The van der Waals surface area contributed by atoms with Crippen LogP contribution >= 0.6 is 0 Å². The van der Waals surface area contributed by atoms with E-state index in [1.807, 2.05) is 0 Å². The first-order chi connectivity index (χ1) is 12.0. The van der Waals surface area contributed by atoms with Gasteiger partial charge < -0.3 is 14.8 Å². The van der Waals surface area contributed by atoms with Crippen LogP contribution in [-0.4, -0.2) is 31.6 Å². The summed E-state index contributed by atoms with van der Waals surface area (Å²) in [6.07, 6.45) is 6.65. The SMILES string of the molecule is COc1ccc(C(=O)O[C@@H](C)C(=O)NCCC2=CCCCC2)c(F)c1. The van der Waals surface area contributed by atoms with E-state index in [4.69, 9.17) is 9.47 Å². The van der Waals surface area contributed by atoms with E-state index in [0.29, 0.717) is 12.3 Å². The van der Waals surface area contributed by atoms with Gasteiger partial charge in [-0.25, -0.2) is 9.18 Å². The quantitative estimate of drug-likeness (QED) is 0.605. The molecule has 0 spiro atoms. The molecule has 0 saturated heterocycles. The largest absolute Gasteiger partial charge is 0.497 e. The Labute approximate surface area is 147 Å². The van der Waals surface area contributed by atoms with Gasteiger partial charge in [0.1, 0.15) is 11.6 Å². The molecule has 1 aliphatic carbocycles. The molecule has 1 atom stereocenters. The van der Waals surface area contributed by atoms with Crippen LogP contribution in [0.1, 0.15) is 49.4 Å². The molecule has 25 heavy (non-hydrogen) atoms. The maximum absolute atomic E-state index is 13.9. The van der Waals surface area contributed by atoms with Crippen LogP contribution in [0.15, 0.2) is 29.8 Å². The van der Waals surface area contributed by atoms with Crippen molar-refractivity contribution in [2.75, 3.05) is 13.7 Å². The topological polar surface area (TPSA) is 64.6 Å². The molecular weight excluding hydrogens is 325 g/mol. The second-order valence-corrected chi connectivity index (χ2v) is 6.04. The summed E-state index contributed by atoms with van der Waals surface area (Å²) < 4.78 is 23.8. The molecule has 136 valence electrons. The number of hydrogen-bond donors (Lipinski definition) is 1. The van der Waals surface area contributed by atoms with Gasteiger partial charge in [-0.05, 0) is 51.2 Å². The second-order valence-electron chi connectivity index (χ2n) is 6.04. The first kappa shape index (κ1) is 19.0. The van der Waals surface area contributed by atoms with Crippen molar-refractivity contribution in [3.63, 3.8) is 0 Å². The molecule has 0 aromatic heterocycles. The summed E-state index contributed by atoms with van der Waals surface area (Å²) >= 11 is 0. The highest BCUT2D eigenvalue weighted by Crippen LogP contribution is 2.19. The van der Waals surface area contributed by atoms with Crippen molar-refractivity contribution >= 4 is 11.9 Å². The lowest BCUT2D eigenvalue weighted by molar-refractivity contribution is -0.129. The minimum atomic E-state index is -0.991. The van der Waals surface area contributed by atoms with Crippen LogP contribution in [0.5, 0.6) is 5.75 Å². The van der Waals surface area contributed by atoms with Crippen LogP contribution in [0.25, 0.3) is 0 Å². The molecule has 1 aromatic rings. The lowest BCUT2D eigenvalue weighted by Crippen LogP contribution is -2.36. The highest BCUT2D eigenvalue weighted by molar-refractivity contribution is 5.92. The van der Waals surface area contributed by atoms with Crippen LogP contribution in [0, 0.1) is 5.82 Å². The number of allylic oxidation sites excluding steroid dienone is 1. The molecule has 1 amide bonds. The van der Waals surface area contributed by atoms with Gasteiger partial charge in [0.15, 0.2) is 6.10 Å². The van der Waals surface area contributed by atoms with Gasteiger partial charge >= 0.3 is 5.97 Å². The molecule has 1 aliphatic rings. The fraction of sp³-hybridized carbons (Fsp3) is 0.474. The molecular formula is C19H24FNO4. The smallest absolute Gasteiger partial charge is 0.341 e. The van der Waals surface area contributed by atoms with E-state index in [0.717, 1.165) is 25.3 Å². The second kappa shape index (κ2) is 9.20. The molecule has 0 heterocycles. The minimum absolute atomic E-state index is 0.229. The number of hydrogen-bond acceptors (Lipinski definition) is 4. The Bertz CT molecular complexity index is 657. The van der Waals surface area contributed by atoms with Crippen LogP contribution in [0.3, 0.4) is 0 Å². The molecule has 0 saturated carbocycles. The van der Waals surface area contributed by atoms with E-state index >= 15 is 0 Å². The van der Waals surface area contributed by atoms with E-state index in [1.165, 1.54) is 44.6 Å². The Morgan fingerprint density at radius 3 is 2.76 bits per heavy atom. The van der Waals surface area contributed by atoms with E-state index in [9.17, 15) is 14.0 Å².